The zero-order valence-corrected chi connectivity index (χ0v) is 18.3. The van der Waals surface area contributed by atoms with Crippen LogP contribution in [0.25, 0.3) is 6.08 Å². The smallest absolute Gasteiger partial charge is 0.280 e. The maximum Gasteiger partial charge on any atom is 0.416 e. The number of thioether (sulfide) groups is 1. The van der Waals surface area contributed by atoms with Crippen molar-refractivity contribution in [1.29, 1.82) is 0 Å². The predicted molar refractivity (Wildman–Crippen MR) is 119 cm³/mol. The van der Waals surface area contributed by atoms with Crippen LogP contribution in [0.3, 0.4) is 0 Å². The summed E-state index contributed by atoms with van der Waals surface area (Å²) in [5.41, 5.74) is -0.510. The van der Waals surface area contributed by atoms with Crippen LogP contribution in [0.4, 0.5) is 18.9 Å². The van der Waals surface area contributed by atoms with Crippen molar-refractivity contribution < 1.29 is 27.6 Å². The third-order valence-electron chi connectivity index (χ3n) is 4.86. The summed E-state index contributed by atoms with van der Waals surface area (Å²) in [6.45, 7) is 0. The van der Waals surface area contributed by atoms with Crippen LogP contribution in [0.15, 0.2) is 53.4 Å². The van der Waals surface area contributed by atoms with Gasteiger partial charge in [-0.2, -0.15) is 13.2 Å². The Labute approximate surface area is 194 Å². The number of carbonyl (C=O) groups excluding carboxylic acids is 3. The largest absolute Gasteiger partial charge is 0.416 e. The minimum atomic E-state index is -4.63. The first-order valence-corrected chi connectivity index (χ1v) is 10.7. The van der Waals surface area contributed by atoms with Gasteiger partial charge < -0.3 is 0 Å². The highest BCUT2D eigenvalue weighted by Crippen LogP contribution is 2.38. The molecule has 2 aromatic carbocycles. The van der Waals surface area contributed by atoms with Crippen LogP contribution in [0.2, 0.25) is 5.02 Å². The molecule has 1 atom stereocenters. The maximum absolute atomic E-state index is 13.0. The lowest BCUT2D eigenvalue weighted by molar-refractivity contribution is -0.137. The van der Waals surface area contributed by atoms with E-state index in [0.29, 0.717) is 15.5 Å². The van der Waals surface area contributed by atoms with Gasteiger partial charge in [0, 0.05) is 5.02 Å². The lowest BCUT2D eigenvalue weighted by atomic mass is 10.1. The Morgan fingerprint density at radius 1 is 1.09 bits per heavy atom. The first kappa shape index (κ1) is 22.5. The first-order valence-electron chi connectivity index (χ1n) is 9.13. The molecule has 11 heteroatoms. The van der Waals surface area contributed by atoms with E-state index in [1.165, 1.54) is 6.07 Å². The van der Waals surface area contributed by atoms with Gasteiger partial charge in [-0.1, -0.05) is 53.8 Å². The number of halogens is 4. The topological polar surface area (TPSA) is 57.7 Å². The summed E-state index contributed by atoms with van der Waals surface area (Å²) in [5.74, 6) is -2.07. The lowest BCUT2D eigenvalue weighted by Crippen LogP contribution is -2.44. The van der Waals surface area contributed by atoms with Crippen LogP contribution in [0, 0.1) is 0 Å². The van der Waals surface area contributed by atoms with E-state index in [1.807, 2.05) is 0 Å². The Hall–Kier alpha value is -2.69. The molecule has 0 bridgehead atoms. The maximum atomic E-state index is 13.0. The zero-order chi connectivity index (χ0) is 23.2. The van der Waals surface area contributed by atoms with Gasteiger partial charge in [-0.05, 0) is 42.0 Å². The highest BCUT2D eigenvalue weighted by Gasteiger charge is 2.49. The second-order valence-corrected chi connectivity index (χ2v) is 9.05. The van der Waals surface area contributed by atoms with Gasteiger partial charge in [0.2, 0.25) is 5.91 Å². The lowest BCUT2D eigenvalue weighted by Gasteiger charge is -2.21. The molecule has 2 aliphatic rings. The van der Waals surface area contributed by atoms with Gasteiger partial charge in [0.15, 0.2) is 0 Å². The normalized spacial score (nSPS) is 20.8. The molecule has 2 aliphatic heterocycles. The van der Waals surface area contributed by atoms with Crippen LogP contribution < -0.4 is 4.90 Å². The van der Waals surface area contributed by atoms with E-state index in [0.717, 1.165) is 34.9 Å². The summed E-state index contributed by atoms with van der Waals surface area (Å²) in [6, 6.07) is 9.40. The fourth-order valence-corrected chi connectivity index (χ4v) is 4.85. The molecule has 0 aliphatic carbocycles. The van der Waals surface area contributed by atoms with E-state index >= 15 is 0 Å². The molecular formula is C21H12ClF3N2O3S2. The summed E-state index contributed by atoms with van der Waals surface area (Å²) in [7, 11) is 0. The second kappa shape index (κ2) is 8.34. The average Bonchev–Trinajstić information content (AvgIpc) is 3.17. The molecule has 32 heavy (non-hydrogen) atoms. The molecule has 2 heterocycles. The van der Waals surface area contributed by atoms with Crippen LogP contribution in [0.5, 0.6) is 0 Å². The van der Waals surface area contributed by atoms with E-state index in [-0.39, 0.29) is 21.3 Å². The number of nitrogens with zero attached hydrogens (tertiary/aromatic N) is 2. The number of rotatable bonds is 3. The van der Waals surface area contributed by atoms with Crippen molar-refractivity contribution >= 4 is 69.4 Å². The molecular weight excluding hydrogens is 485 g/mol. The standard InChI is InChI=1S/C21H12ClF3N2O3S2/c22-13-6-4-11(5-7-13)8-16-19(30)27(20(31)32-16)15-10-17(28)26(18(15)29)14-3-1-2-12(9-14)21(23,24)25/h1-9,15H,10H2. The van der Waals surface area contributed by atoms with E-state index < -0.39 is 35.5 Å². The molecule has 0 aromatic heterocycles. The number of anilines is 1. The summed E-state index contributed by atoms with van der Waals surface area (Å²) in [5, 5.41) is 0.527. The minimum absolute atomic E-state index is 0.0901. The monoisotopic (exact) mass is 496 g/mol. The number of imide groups is 1. The average molecular weight is 497 g/mol. The Morgan fingerprint density at radius 3 is 2.44 bits per heavy atom. The molecule has 0 spiro atoms. The van der Waals surface area contributed by atoms with Gasteiger partial charge in [0.25, 0.3) is 11.8 Å². The van der Waals surface area contributed by atoms with Crippen molar-refractivity contribution in [2.45, 2.75) is 18.6 Å². The van der Waals surface area contributed by atoms with Gasteiger partial charge >= 0.3 is 6.18 Å². The molecule has 0 saturated carbocycles. The number of alkyl halides is 3. The highest BCUT2D eigenvalue weighted by molar-refractivity contribution is 8.26. The molecule has 3 amide bonds. The van der Waals surface area contributed by atoms with E-state index in [1.54, 1.807) is 30.3 Å². The fourth-order valence-electron chi connectivity index (χ4n) is 3.37. The van der Waals surface area contributed by atoms with Gasteiger partial charge in [-0.3, -0.25) is 19.3 Å². The number of hydrogen-bond acceptors (Lipinski definition) is 5. The first-order chi connectivity index (χ1) is 15.1. The van der Waals surface area contributed by atoms with Crippen LogP contribution in [-0.2, 0) is 20.6 Å². The molecule has 5 nitrogen and oxygen atoms in total. The molecule has 2 saturated heterocycles. The molecule has 0 N–H and O–H groups in total. The molecule has 0 radical (unpaired) electrons. The Balaban J connectivity index is 1.60. The summed E-state index contributed by atoms with van der Waals surface area (Å²) in [4.78, 5) is 40.5. The van der Waals surface area contributed by atoms with Crippen molar-refractivity contribution in [1.82, 2.24) is 4.90 Å². The molecule has 4 rings (SSSR count). The quantitative estimate of drug-likeness (QED) is 0.344. The van der Waals surface area contributed by atoms with Crippen molar-refractivity contribution in [2.24, 2.45) is 0 Å². The SMILES string of the molecule is O=C1CC(N2C(=O)C(=Cc3ccc(Cl)cc3)SC2=S)C(=O)N1c1cccc(C(F)(F)F)c1. The number of benzene rings is 2. The molecule has 164 valence electrons. The zero-order valence-electron chi connectivity index (χ0n) is 15.9. The summed E-state index contributed by atoms with van der Waals surface area (Å²) >= 11 is 12.1. The molecule has 1 unspecified atom stereocenters. The number of amides is 3. The molecule has 2 aromatic rings. The number of carbonyl (C=O) groups is 3. The Morgan fingerprint density at radius 2 is 1.78 bits per heavy atom. The third-order valence-corrected chi connectivity index (χ3v) is 6.44. The highest BCUT2D eigenvalue weighted by atomic mass is 35.5. The Kier molecular flexibility index (Phi) is 5.87. The number of hydrogen-bond donors (Lipinski definition) is 0. The fraction of sp³-hybridized carbons (Fsp3) is 0.143. The van der Waals surface area contributed by atoms with Crippen LogP contribution in [-0.4, -0.2) is 33.0 Å². The number of thiocarbonyl (C=S) groups is 1. The van der Waals surface area contributed by atoms with Crippen molar-refractivity contribution in [3.8, 4) is 0 Å². The summed E-state index contributed by atoms with van der Waals surface area (Å²) in [6.07, 6.45) is -3.43. The van der Waals surface area contributed by atoms with E-state index in [4.69, 9.17) is 23.8 Å². The minimum Gasteiger partial charge on any atom is -0.280 e. The van der Waals surface area contributed by atoms with Crippen LogP contribution >= 0.6 is 35.6 Å². The Bertz CT molecular complexity index is 1180. The van der Waals surface area contributed by atoms with Gasteiger partial charge in [-0.15, -0.1) is 0 Å². The van der Waals surface area contributed by atoms with Crippen molar-refractivity contribution in [3.05, 3.63) is 69.6 Å². The van der Waals surface area contributed by atoms with Gasteiger partial charge in [0.1, 0.15) is 10.4 Å². The van der Waals surface area contributed by atoms with Gasteiger partial charge in [0.05, 0.1) is 22.6 Å². The van der Waals surface area contributed by atoms with Crippen LogP contribution in [0.1, 0.15) is 17.5 Å². The van der Waals surface area contributed by atoms with Crippen molar-refractivity contribution in [3.63, 3.8) is 0 Å². The second-order valence-electron chi connectivity index (χ2n) is 6.94. The summed E-state index contributed by atoms with van der Waals surface area (Å²) < 4.78 is 39.2. The van der Waals surface area contributed by atoms with Crippen molar-refractivity contribution in [2.75, 3.05) is 4.90 Å². The van der Waals surface area contributed by atoms with E-state index in [9.17, 15) is 27.6 Å². The third kappa shape index (κ3) is 4.17. The van der Waals surface area contributed by atoms with E-state index in [2.05, 4.69) is 0 Å². The van der Waals surface area contributed by atoms with Gasteiger partial charge in [-0.25, -0.2) is 4.90 Å². The predicted octanol–water partition coefficient (Wildman–Crippen LogP) is 4.89. The molecule has 2 fully saturated rings.